The molecular weight excluding hydrogens is 244 g/mol. The van der Waals surface area contributed by atoms with E-state index in [0.29, 0.717) is 11.4 Å². The van der Waals surface area contributed by atoms with E-state index in [2.05, 4.69) is 5.32 Å². The molecule has 0 bridgehead atoms. The summed E-state index contributed by atoms with van der Waals surface area (Å²) >= 11 is 5.84. The van der Waals surface area contributed by atoms with Gasteiger partial charge in [-0.05, 0) is 13.0 Å². The minimum Gasteiger partial charge on any atom is -0.496 e. The van der Waals surface area contributed by atoms with Gasteiger partial charge in [-0.15, -0.1) is 0 Å². The molecule has 1 amide bonds. The summed E-state index contributed by atoms with van der Waals surface area (Å²) < 4.78 is 5.05. The van der Waals surface area contributed by atoms with Crippen LogP contribution in [0.1, 0.15) is 17.3 Å². The highest BCUT2D eigenvalue weighted by atomic mass is 35.5. The molecule has 94 valence electrons. The second-order valence-corrected chi connectivity index (χ2v) is 4.04. The number of aliphatic hydroxyl groups is 1. The number of nitrogens with two attached hydrogens (primary N) is 1. The van der Waals surface area contributed by atoms with E-state index in [1.54, 1.807) is 6.92 Å². The maximum atomic E-state index is 11.8. The number of anilines is 1. The summed E-state index contributed by atoms with van der Waals surface area (Å²) in [6.07, 6.45) is -0.616. The van der Waals surface area contributed by atoms with Crippen LogP contribution in [0.5, 0.6) is 5.75 Å². The number of benzene rings is 1. The first-order valence-electron chi connectivity index (χ1n) is 5.05. The van der Waals surface area contributed by atoms with Crippen molar-refractivity contribution in [3.63, 3.8) is 0 Å². The number of nitrogens with one attached hydrogen (secondary N) is 1. The van der Waals surface area contributed by atoms with Crippen molar-refractivity contribution in [2.45, 2.75) is 13.0 Å². The Morgan fingerprint density at radius 1 is 1.65 bits per heavy atom. The van der Waals surface area contributed by atoms with E-state index in [1.807, 2.05) is 0 Å². The number of rotatable bonds is 4. The first kappa shape index (κ1) is 13.6. The summed E-state index contributed by atoms with van der Waals surface area (Å²) in [5.41, 5.74) is 6.23. The average Bonchev–Trinajstić information content (AvgIpc) is 2.28. The topological polar surface area (TPSA) is 84.6 Å². The highest BCUT2D eigenvalue weighted by molar-refractivity contribution is 6.33. The minimum atomic E-state index is -0.616. The number of halogens is 1. The van der Waals surface area contributed by atoms with E-state index >= 15 is 0 Å². The number of amides is 1. The number of nitrogen functional groups attached to an aromatic ring is 1. The predicted octanol–water partition coefficient (Wildman–Crippen LogP) is 1.04. The molecule has 0 spiro atoms. The van der Waals surface area contributed by atoms with E-state index < -0.39 is 6.10 Å². The zero-order valence-corrected chi connectivity index (χ0v) is 10.4. The Bertz CT molecular complexity index is 421. The summed E-state index contributed by atoms with van der Waals surface area (Å²) in [6.45, 7) is 1.73. The lowest BCUT2D eigenvalue weighted by molar-refractivity contribution is 0.0921. The zero-order chi connectivity index (χ0) is 13.0. The van der Waals surface area contributed by atoms with Gasteiger partial charge in [0.1, 0.15) is 5.75 Å². The normalized spacial score (nSPS) is 12.0. The third-order valence-corrected chi connectivity index (χ3v) is 2.45. The van der Waals surface area contributed by atoms with Crippen LogP contribution >= 0.6 is 11.6 Å². The number of methoxy groups -OCH3 is 1. The molecule has 0 aliphatic heterocycles. The molecule has 0 aliphatic carbocycles. The highest BCUT2D eigenvalue weighted by Gasteiger charge is 2.15. The van der Waals surface area contributed by atoms with Crippen molar-refractivity contribution in [3.8, 4) is 5.75 Å². The largest absolute Gasteiger partial charge is 0.496 e. The van der Waals surface area contributed by atoms with E-state index in [-0.39, 0.29) is 23.0 Å². The van der Waals surface area contributed by atoms with Gasteiger partial charge in [0.15, 0.2) is 0 Å². The maximum absolute atomic E-state index is 11.8. The average molecular weight is 259 g/mol. The van der Waals surface area contributed by atoms with Crippen molar-refractivity contribution in [1.29, 1.82) is 0 Å². The molecule has 0 fully saturated rings. The van der Waals surface area contributed by atoms with E-state index in [9.17, 15) is 4.79 Å². The zero-order valence-electron chi connectivity index (χ0n) is 9.66. The van der Waals surface area contributed by atoms with Crippen LogP contribution in [0, 0.1) is 0 Å². The molecule has 1 aromatic carbocycles. The highest BCUT2D eigenvalue weighted by Crippen LogP contribution is 2.28. The van der Waals surface area contributed by atoms with Crippen molar-refractivity contribution in [2.75, 3.05) is 19.4 Å². The smallest absolute Gasteiger partial charge is 0.255 e. The number of ether oxygens (including phenoxy) is 1. The number of carbonyl (C=O) groups excluding carboxylic acids is 1. The Hall–Kier alpha value is -1.46. The Kier molecular flexibility index (Phi) is 4.60. The van der Waals surface area contributed by atoms with Crippen LogP contribution in [0.3, 0.4) is 0 Å². The van der Waals surface area contributed by atoms with Gasteiger partial charge < -0.3 is 20.9 Å². The van der Waals surface area contributed by atoms with Crippen molar-refractivity contribution in [2.24, 2.45) is 0 Å². The molecule has 1 atom stereocenters. The van der Waals surface area contributed by atoms with Crippen LogP contribution in [-0.2, 0) is 0 Å². The van der Waals surface area contributed by atoms with Gasteiger partial charge in [-0.25, -0.2) is 0 Å². The summed E-state index contributed by atoms with van der Waals surface area (Å²) in [5, 5.41) is 11.9. The molecule has 1 rings (SSSR count). The number of hydrogen-bond donors (Lipinski definition) is 3. The Morgan fingerprint density at radius 2 is 2.29 bits per heavy atom. The second kappa shape index (κ2) is 5.75. The fraction of sp³-hybridized carbons (Fsp3) is 0.364. The molecule has 1 aromatic rings. The summed E-state index contributed by atoms with van der Waals surface area (Å²) in [5.74, 6) is -0.0281. The van der Waals surface area contributed by atoms with E-state index in [0.717, 1.165) is 0 Å². The van der Waals surface area contributed by atoms with Crippen LogP contribution in [-0.4, -0.2) is 30.8 Å². The fourth-order valence-corrected chi connectivity index (χ4v) is 1.41. The summed E-state index contributed by atoms with van der Waals surface area (Å²) in [6, 6.07) is 2.92. The molecule has 5 nitrogen and oxygen atoms in total. The van der Waals surface area contributed by atoms with Gasteiger partial charge in [0.25, 0.3) is 5.91 Å². The molecule has 0 aliphatic rings. The van der Waals surface area contributed by atoms with Gasteiger partial charge in [-0.3, -0.25) is 4.79 Å². The standard InChI is InChI=1S/C11H15ClN2O3/c1-6(15)5-14-11(16)7-3-8(12)9(13)4-10(7)17-2/h3-4,6,15H,5,13H2,1-2H3,(H,14,16). The van der Waals surface area contributed by atoms with Crippen molar-refractivity contribution in [3.05, 3.63) is 22.7 Å². The van der Waals surface area contributed by atoms with Crippen molar-refractivity contribution in [1.82, 2.24) is 5.32 Å². The van der Waals surface area contributed by atoms with Gasteiger partial charge >= 0.3 is 0 Å². The first-order valence-corrected chi connectivity index (χ1v) is 5.42. The monoisotopic (exact) mass is 258 g/mol. The second-order valence-electron chi connectivity index (χ2n) is 3.63. The molecule has 0 radical (unpaired) electrons. The molecule has 1 unspecified atom stereocenters. The predicted molar refractivity (Wildman–Crippen MR) is 66.4 cm³/mol. The Morgan fingerprint density at radius 3 is 2.82 bits per heavy atom. The minimum absolute atomic E-state index is 0.157. The quantitative estimate of drug-likeness (QED) is 0.705. The van der Waals surface area contributed by atoms with E-state index in [1.165, 1.54) is 19.2 Å². The molecule has 0 saturated carbocycles. The van der Waals surface area contributed by atoms with Gasteiger partial charge in [-0.1, -0.05) is 11.6 Å². The maximum Gasteiger partial charge on any atom is 0.255 e. The number of aliphatic hydroxyl groups excluding tert-OH is 1. The van der Waals surface area contributed by atoms with Gasteiger partial charge in [0.2, 0.25) is 0 Å². The third-order valence-electron chi connectivity index (χ3n) is 2.12. The fourth-order valence-electron chi connectivity index (χ4n) is 1.25. The summed E-state index contributed by atoms with van der Waals surface area (Å²) in [4.78, 5) is 11.8. The van der Waals surface area contributed by atoms with E-state index in [4.69, 9.17) is 27.2 Å². The van der Waals surface area contributed by atoms with Crippen molar-refractivity contribution >= 4 is 23.2 Å². The first-order chi connectivity index (χ1) is 7.95. The van der Waals surface area contributed by atoms with Crippen LogP contribution in [0.2, 0.25) is 5.02 Å². The molecule has 0 aromatic heterocycles. The molecule has 0 heterocycles. The van der Waals surface area contributed by atoms with Crippen LogP contribution < -0.4 is 15.8 Å². The van der Waals surface area contributed by atoms with Crippen LogP contribution in [0.4, 0.5) is 5.69 Å². The molecule has 17 heavy (non-hydrogen) atoms. The lowest BCUT2D eigenvalue weighted by Crippen LogP contribution is -2.30. The SMILES string of the molecule is COc1cc(N)c(Cl)cc1C(=O)NCC(C)O. The lowest BCUT2D eigenvalue weighted by atomic mass is 10.1. The lowest BCUT2D eigenvalue weighted by Gasteiger charge is -2.12. The molecular formula is C11H15ClN2O3. The number of hydrogen-bond acceptors (Lipinski definition) is 4. The van der Waals surface area contributed by atoms with Crippen LogP contribution in [0.15, 0.2) is 12.1 Å². The van der Waals surface area contributed by atoms with Gasteiger partial charge in [0, 0.05) is 12.6 Å². The summed E-state index contributed by atoms with van der Waals surface area (Å²) in [7, 11) is 1.44. The third kappa shape index (κ3) is 3.51. The number of carbonyl (C=O) groups is 1. The van der Waals surface area contributed by atoms with Gasteiger partial charge in [0.05, 0.1) is 29.5 Å². The molecule has 4 N–H and O–H groups in total. The molecule has 6 heteroatoms. The molecule has 0 saturated heterocycles. The Labute approximate surface area is 105 Å². The van der Waals surface area contributed by atoms with Gasteiger partial charge in [-0.2, -0.15) is 0 Å². The Balaban J connectivity index is 2.96. The van der Waals surface area contributed by atoms with Crippen molar-refractivity contribution < 1.29 is 14.6 Å². The van der Waals surface area contributed by atoms with Crippen LogP contribution in [0.25, 0.3) is 0 Å².